The van der Waals surface area contributed by atoms with Crippen LogP contribution in [0.2, 0.25) is 5.02 Å². The van der Waals surface area contributed by atoms with Gasteiger partial charge in [0.25, 0.3) is 0 Å². The molecule has 1 N–H and O–H groups in total. The van der Waals surface area contributed by atoms with Gasteiger partial charge in [-0.1, -0.05) is 48.7 Å². The fourth-order valence-corrected chi connectivity index (χ4v) is 3.55. The van der Waals surface area contributed by atoms with Crippen LogP contribution in [0.15, 0.2) is 42.5 Å². The third kappa shape index (κ3) is 4.13. The number of rotatable bonds is 2. The first-order valence-corrected chi connectivity index (χ1v) is 9.02. The number of likely N-dealkylation sites (tertiary alicyclic amines) is 1. The van der Waals surface area contributed by atoms with Crippen LogP contribution in [0.3, 0.4) is 0 Å². The molecule has 3 nitrogen and oxygen atoms in total. The van der Waals surface area contributed by atoms with Crippen molar-refractivity contribution in [2.24, 2.45) is 0 Å². The van der Waals surface area contributed by atoms with Gasteiger partial charge in [-0.05, 0) is 49.1 Å². The summed E-state index contributed by atoms with van der Waals surface area (Å²) in [6.07, 6.45) is 3.97. The molecule has 25 heavy (non-hydrogen) atoms. The smallest absolute Gasteiger partial charge is 0.317 e. The number of carbonyl (C=O) groups is 1. The van der Waals surface area contributed by atoms with E-state index in [9.17, 15) is 9.18 Å². The van der Waals surface area contributed by atoms with Gasteiger partial charge in [-0.3, -0.25) is 0 Å². The molecule has 0 spiro atoms. The molecule has 1 saturated heterocycles. The van der Waals surface area contributed by atoms with E-state index in [0.717, 1.165) is 31.2 Å². The van der Waals surface area contributed by atoms with Gasteiger partial charge in [0.15, 0.2) is 0 Å². The maximum absolute atomic E-state index is 13.7. The predicted molar refractivity (Wildman–Crippen MR) is 99.5 cm³/mol. The van der Waals surface area contributed by atoms with Gasteiger partial charge in [0.05, 0.1) is 6.04 Å². The van der Waals surface area contributed by atoms with E-state index in [0.29, 0.717) is 22.8 Å². The fraction of sp³-hybridized carbons (Fsp3) is 0.350. The van der Waals surface area contributed by atoms with Gasteiger partial charge in [0.1, 0.15) is 5.82 Å². The summed E-state index contributed by atoms with van der Waals surface area (Å²) in [6.45, 7) is 2.36. The topological polar surface area (TPSA) is 32.3 Å². The molecule has 132 valence electrons. The summed E-state index contributed by atoms with van der Waals surface area (Å²) in [5.74, 6) is -0.323. The molecule has 0 unspecified atom stereocenters. The summed E-state index contributed by atoms with van der Waals surface area (Å²) in [4.78, 5) is 14.7. The van der Waals surface area contributed by atoms with Crippen molar-refractivity contribution in [1.29, 1.82) is 0 Å². The minimum Gasteiger partial charge on any atom is -0.317 e. The molecular weight excluding hydrogens is 339 g/mol. The molecule has 2 aromatic carbocycles. The Morgan fingerprint density at radius 3 is 2.76 bits per heavy atom. The number of carbonyl (C=O) groups excluding carboxylic acids is 1. The summed E-state index contributed by atoms with van der Waals surface area (Å²) in [6, 6.07) is 12.1. The molecule has 0 bridgehead atoms. The van der Waals surface area contributed by atoms with Gasteiger partial charge in [-0.25, -0.2) is 9.18 Å². The Morgan fingerprint density at radius 2 is 2.00 bits per heavy atom. The van der Waals surface area contributed by atoms with Gasteiger partial charge in [0, 0.05) is 17.3 Å². The second kappa shape index (κ2) is 7.87. The van der Waals surface area contributed by atoms with Crippen molar-refractivity contribution in [2.75, 3.05) is 11.9 Å². The lowest BCUT2D eigenvalue weighted by molar-refractivity contribution is 0.189. The van der Waals surface area contributed by atoms with Crippen LogP contribution in [0.1, 0.15) is 42.9 Å². The second-order valence-electron chi connectivity index (χ2n) is 6.47. The molecule has 3 rings (SSSR count). The molecule has 1 aliphatic rings. The number of halogens is 2. The minimum absolute atomic E-state index is 0.0634. The van der Waals surface area contributed by atoms with Gasteiger partial charge in [-0.15, -0.1) is 0 Å². The number of urea groups is 1. The normalized spacial score (nSPS) is 17.9. The predicted octanol–water partition coefficient (Wildman–Crippen LogP) is 5.94. The molecule has 1 fully saturated rings. The van der Waals surface area contributed by atoms with E-state index < -0.39 is 0 Å². The fourth-order valence-electron chi connectivity index (χ4n) is 3.29. The highest BCUT2D eigenvalue weighted by atomic mass is 35.5. The number of amides is 2. The summed E-state index contributed by atoms with van der Waals surface area (Å²) in [5, 5.41) is 3.51. The Labute approximate surface area is 152 Å². The van der Waals surface area contributed by atoms with Crippen LogP contribution in [0.5, 0.6) is 0 Å². The van der Waals surface area contributed by atoms with E-state index in [-0.39, 0.29) is 17.9 Å². The monoisotopic (exact) mass is 360 g/mol. The van der Waals surface area contributed by atoms with Crippen LogP contribution in [-0.2, 0) is 0 Å². The molecule has 0 aromatic heterocycles. The van der Waals surface area contributed by atoms with Crippen LogP contribution in [-0.4, -0.2) is 17.5 Å². The van der Waals surface area contributed by atoms with Crippen LogP contribution in [0, 0.1) is 12.7 Å². The molecule has 1 atom stereocenters. The highest BCUT2D eigenvalue weighted by Crippen LogP contribution is 2.34. The van der Waals surface area contributed by atoms with Crippen molar-refractivity contribution in [3.05, 3.63) is 64.4 Å². The Balaban J connectivity index is 1.84. The number of aryl methyl sites for hydroxylation is 1. The zero-order chi connectivity index (χ0) is 17.8. The number of hydrogen-bond donors (Lipinski definition) is 1. The number of nitrogens with zero attached hydrogens (tertiary/aromatic N) is 1. The van der Waals surface area contributed by atoms with Crippen molar-refractivity contribution in [2.45, 2.75) is 38.6 Å². The Bertz CT molecular complexity index is 765. The Morgan fingerprint density at radius 1 is 1.20 bits per heavy atom. The van der Waals surface area contributed by atoms with Crippen molar-refractivity contribution in [3.63, 3.8) is 0 Å². The molecule has 0 saturated carbocycles. The molecular formula is C20H22ClFN2O. The van der Waals surface area contributed by atoms with Gasteiger partial charge in [0.2, 0.25) is 0 Å². The van der Waals surface area contributed by atoms with Crippen molar-refractivity contribution in [1.82, 2.24) is 4.90 Å². The summed E-state index contributed by atoms with van der Waals surface area (Å²) in [7, 11) is 0. The van der Waals surface area contributed by atoms with E-state index in [1.807, 2.05) is 29.2 Å². The van der Waals surface area contributed by atoms with E-state index >= 15 is 0 Å². The highest BCUT2D eigenvalue weighted by molar-refractivity contribution is 6.31. The van der Waals surface area contributed by atoms with Crippen LogP contribution in [0.25, 0.3) is 0 Å². The average molecular weight is 361 g/mol. The molecule has 0 aliphatic carbocycles. The first-order chi connectivity index (χ1) is 12.1. The Kier molecular flexibility index (Phi) is 5.59. The van der Waals surface area contributed by atoms with Gasteiger partial charge in [-0.2, -0.15) is 0 Å². The largest absolute Gasteiger partial charge is 0.322 e. The molecule has 1 heterocycles. The molecule has 0 radical (unpaired) electrons. The molecule has 1 aliphatic heterocycles. The zero-order valence-electron chi connectivity index (χ0n) is 14.3. The number of nitrogens with one attached hydrogen (secondary N) is 1. The first kappa shape index (κ1) is 17.7. The van der Waals surface area contributed by atoms with E-state index in [2.05, 4.69) is 5.32 Å². The Hall–Kier alpha value is -2.07. The average Bonchev–Trinajstić information content (AvgIpc) is 2.84. The quantitative estimate of drug-likeness (QED) is 0.706. The SMILES string of the molecule is Cc1ccc(NC(=O)N2CCCCC[C@@H]2c2ccccc2Cl)cc1F. The second-order valence-corrected chi connectivity index (χ2v) is 6.88. The van der Waals surface area contributed by atoms with Crippen molar-refractivity contribution in [3.8, 4) is 0 Å². The third-order valence-corrected chi connectivity index (χ3v) is 5.05. The minimum atomic E-state index is -0.323. The van der Waals surface area contributed by atoms with Crippen LogP contribution >= 0.6 is 11.6 Å². The first-order valence-electron chi connectivity index (χ1n) is 8.64. The molecule has 5 heteroatoms. The van der Waals surface area contributed by atoms with E-state index in [4.69, 9.17) is 11.6 Å². The highest BCUT2D eigenvalue weighted by Gasteiger charge is 2.28. The lowest BCUT2D eigenvalue weighted by Crippen LogP contribution is -2.38. The summed E-state index contributed by atoms with van der Waals surface area (Å²) < 4.78 is 13.7. The summed E-state index contributed by atoms with van der Waals surface area (Å²) >= 11 is 6.37. The lowest BCUT2D eigenvalue weighted by Gasteiger charge is -2.31. The van der Waals surface area contributed by atoms with Crippen molar-refractivity contribution >= 4 is 23.3 Å². The van der Waals surface area contributed by atoms with Crippen molar-refractivity contribution < 1.29 is 9.18 Å². The maximum atomic E-state index is 13.7. The number of hydrogen-bond acceptors (Lipinski definition) is 1. The third-order valence-electron chi connectivity index (χ3n) is 4.70. The van der Waals surface area contributed by atoms with Crippen LogP contribution in [0.4, 0.5) is 14.9 Å². The van der Waals surface area contributed by atoms with Gasteiger partial charge < -0.3 is 10.2 Å². The molecule has 2 amide bonds. The zero-order valence-corrected chi connectivity index (χ0v) is 15.0. The molecule has 2 aromatic rings. The maximum Gasteiger partial charge on any atom is 0.322 e. The van der Waals surface area contributed by atoms with Gasteiger partial charge >= 0.3 is 6.03 Å². The van der Waals surface area contributed by atoms with E-state index in [1.54, 1.807) is 19.1 Å². The number of benzene rings is 2. The summed E-state index contributed by atoms with van der Waals surface area (Å²) in [5.41, 5.74) is 1.99. The van der Waals surface area contributed by atoms with Crippen LogP contribution < -0.4 is 5.32 Å². The lowest BCUT2D eigenvalue weighted by atomic mass is 10.0. The number of anilines is 1. The standard InChI is InChI=1S/C20H22ClFN2O/c1-14-10-11-15(13-18(14)22)23-20(25)24-12-6-2-3-9-19(24)16-7-4-5-8-17(16)21/h4-5,7-8,10-11,13,19H,2-3,6,9,12H2,1H3,(H,23,25)/t19-/m1/s1. The van der Waals surface area contributed by atoms with E-state index in [1.165, 1.54) is 6.07 Å².